The van der Waals surface area contributed by atoms with E-state index < -0.39 is 0 Å². The average Bonchev–Trinajstić information content (AvgIpc) is 2.67. The summed E-state index contributed by atoms with van der Waals surface area (Å²) in [7, 11) is 0. The topological polar surface area (TPSA) is 24.5 Å². The van der Waals surface area contributed by atoms with E-state index in [0.717, 1.165) is 45.8 Å². The molecule has 17 heavy (non-hydrogen) atoms. The minimum Gasteiger partial charge on any atom is -0.380 e. The van der Waals surface area contributed by atoms with Crippen LogP contribution in [0.4, 0.5) is 0 Å². The Hall–Kier alpha value is -0.900. The van der Waals surface area contributed by atoms with Gasteiger partial charge in [-0.1, -0.05) is 24.3 Å². The maximum absolute atomic E-state index is 5.54. The molecule has 2 heterocycles. The molecule has 0 bridgehead atoms. The second-order valence-electron chi connectivity index (χ2n) is 4.85. The van der Waals surface area contributed by atoms with E-state index in [-0.39, 0.29) is 0 Å². The molecule has 3 heteroatoms. The summed E-state index contributed by atoms with van der Waals surface area (Å²) in [6, 6.07) is 9.34. The van der Waals surface area contributed by atoms with Gasteiger partial charge in [0, 0.05) is 38.8 Å². The molecule has 3 rings (SSSR count). The Morgan fingerprint density at radius 1 is 1.18 bits per heavy atom. The Balaban J connectivity index is 1.83. The predicted molar refractivity (Wildman–Crippen MR) is 67.9 cm³/mol. The van der Waals surface area contributed by atoms with Crippen molar-refractivity contribution in [1.29, 1.82) is 0 Å². The minimum absolute atomic E-state index is 0.529. The second-order valence-corrected chi connectivity index (χ2v) is 4.85. The molecule has 0 radical (unpaired) electrons. The first-order valence-electron chi connectivity index (χ1n) is 6.55. The molecule has 0 aromatic heterocycles. The van der Waals surface area contributed by atoms with Crippen LogP contribution in [-0.4, -0.2) is 37.7 Å². The van der Waals surface area contributed by atoms with Crippen LogP contribution in [-0.2, 0) is 11.3 Å². The van der Waals surface area contributed by atoms with Crippen LogP contribution in [0.15, 0.2) is 24.3 Å². The van der Waals surface area contributed by atoms with E-state index in [1.165, 1.54) is 11.1 Å². The molecule has 0 saturated carbocycles. The molecule has 3 nitrogen and oxygen atoms in total. The highest BCUT2D eigenvalue weighted by atomic mass is 16.5. The van der Waals surface area contributed by atoms with Crippen molar-refractivity contribution in [1.82, 2.24) is 10.2 Å². The number of nitrogens with zero attached hydrogens (tertiary/aromatic N) is 1. The zero-order valence-corrected chi connectivity index (χ0v) is 10.2. The molecule has 1 saturated heterocycles. The summed E-state index contributed by atoms with van der Waals surface area (Å²) in [5, 5.41) is 3.53. The lowest BCUT2D eigenvalue weighted by atomic mass is 9.95. The van der Waals surface area contributed by atoms with E-state index >= 15 is 0 Å². The lowest BCUT2D eigenvalue weighted by Crippen LogP contribution is -2.40. The number of ether oxygens (including phenoxy) is 1. The first kappa shape index (κ1) is 11.2. The third kappa shape index (κ3) is 2.37. The van der Waals surface area contributed by atoms with Crippen LogP contribution in [0.1, 0.15) is 23.6 Å². The van der Waals surface area contributed by atoms with Crippen LogP contribution in [0.3, 0.4) is 0 Å². The SMILES string of the molecule is c1ccc2c(c1)CNCC2N1CCCOCC1. The third-order valence-corrected chi connectivity index (χ3v) is 3.76. The molecule has 1 fully saturated rings. The van der Waals surface area contributed by atoms with Gasteiger partial charge < -0.3 is 10.1 Å². The number of rotatable bonds is 1. The highest BCUT2D eigenvalue weighted by Crippen LogP contribution is 2.27. The van der Waals surface area contributed by atoms with Gasteiger partial charge in [-0.15, -0.1) is 0 Å². The molecule has 1 unspecified atom stereocenters. The molecule has 0 amide bonds. The van der Waals surface area contributed by atoms with Gasteiger partial charge in [-0.25, -0.2) is 0 Å². The Bertz CT molecular complexity index is 372. The Morgan fingerprint density at radius 3 is 3.12 bits per heavy atom. The number of hydrogen-bond acceptors (Lipinski definition) is 3. The lowest BCUT2D eigenvalue weighted by molar-refractivity contribution is 0.129. The van der Waals surface area contributed by atoms with Crippen molar-refractivity contribution in [2.75, 3.05) is 32.8 Å². The maximum atomic E-state index is 5.54. The molecule has 1 aromatic rings. The molecule has 92 valence electrons. The summed E-state index contributed by atoms with van der Waals surface area (Å²) in [6.45, 7) is 6.08. The smallest absolute Gasteiger partial charge is 0.0593 e. The monoisotopic (exact) mass is 232 g/mol. The van der Waals surface area contributed by atoms with Crippen LogP contribution >= 0.6 is 0 Å². The Labute approximate surface area is 103 Å². The van der Waals surface area contributed by atoms with Crippen molar-refractivity contribution >= 4 is 0 Å². The van der Waals surface area contributed by atoms with E-state index in [1.54, 1.807) is 0 Å². The standard InChI is InChI=1S/C14H20N2O/c1-2-5-13-12(4-1)10-15-11-14(13)16-6-3-8-17-9-7-16/h1-2,4-5,14-15H,3,6-11H2. The molecule has 2 aliphatic heterocycles. The number of hydrogen-bond donors (Lipinski definition) is 1. The van der Waals surface area contributed by atoms with Crippen LogP contribution in [0, 0.1) is 0 Å². The van der Waals surface area contributed by atoms with Crippen LogP contribution < -0.4 is 5.32 Å². The van der Waals surface area contributed by atoms with E-state index in [9.17, 15) is 0 Å². The van der Waals surface area contributed by atoms with E-state index in [1.807, 2.05) is 0 Å². The van der Waals surface area contributed by atoms with Crippen LogP contribution in [0.2, 0.25) is 0 Å². The summed E-state index contributed by atoms with van der Waals surface area (Å²) < 4.78 is 5.54. The van der Waals surface area contributed by atoms with Gasteiger partial charge in [0.15, 0.2) is 0 Å². The molecule has 1 aromatic carbocycles. The molecular weight excluding hydrogens is 212 g/mol. The number of nitrogens with one attached hydrogen (secondary N) is 1. The average molecular weight is 232 g/mol. The van der Waals surface area contributed by atoms with Crippen molar-refractivity contribution in [2.45, 2.75) is 19.0 Å². The fourth-order valence-corrected chi connectivity index (χ4v) is 2.88. The second kappa shape index (κ2) is 5.17. The Morgan fingerprint density at radius 2 is 2.12 bits per heavy atom. The van der Waals surface area contributed by atoms with Crippen molar-refractivity contribution in [3.05, 3.63) is 35.4 Å². The highest BCUT2D eigenvalue weighted by molar-refractivity contribution is 5.32. The molecule has 2 aliphatic rings. The zero-order valence-electron chi connectivity index (χ0n) is 10.2. The molecule has 1 atom stereocenters. The van der Waals surface area contributed by atoms with E-state index in [0.29, 0.717) is 6.04 Å². The van der Waals surface area contributed by atoms with Gasteiger partial charge >= 0.3 is 0 Å². The fourth-order valence-electron chi connectivity index (χ4n) is 2.88. The van der Waals surface area contributed by atoms with E-state index in [2.05, 4.69) is 34.5 Å². The van der Waals surface area contributed by atoms with Crippen molar-refractivity contribution in [3.63, 3.8) is 0 Å². The number of benzene rings is 1. The van der Waals surface area contributed by atoms with Crippen molar-refractivity contribution in [2.24, 2.45) is 0 Å². The van der Waals surface area contributed by atoms with Gasteiger partial charge in [-0.3, -0.25) is 4.90 Å². The number of fused-ring (bicyclic) bond motifs is 1. The van der Waals surface area contributed by atoms with Gasteiger partial charge in [0.25, 0.3) is 0 Å². The van der Waals surface area contributed by atoms with E-state index in [4.69, 9.17) is 4.74 Å². The first-order chi connectivity index (χ1) is 8.45. The lowest BCUT2D eigenvalue weighted by Gasteiger charge is -2.35. The van der Waals surface area contributed by atoms with Gasteiger partial charge in [-0.05, 0) is 17.5 Å². The van der Waals surface area contributed by atoms with Crippen LogP contribution in [0.5, 0.6) is 0 Å². The molecule has 1 N–H and O–H groups in total. The summed E-state index contributed by atoms with van der Waals surface area (Å²) in [6.07, 6.45) is 1.15. The zero-order chi connectivity index (χ0) is 11.5. The summed E-state index contributed by atoms with van der Waals surface area (Å²) in [5.74, 6) is 0. The fraction of sp³-hybridized carbons (Fsp3) is 0.571. The molecular formula is C14H20N2O. The molecule has 0 aliphatic carbocycles. The first-order valence-corrected chi connectivity index (χ1v) is 6.55. The summed E-state index contributed by atoms with van der Waals surface area (Å²) >= 11 is 0. The van der Waals surface area contributed by atoms with Crippen LogP contribution in [0.25, 0.3) is 0 Å². The predicted octanol–water partition coefficient (Wildman–Crippen LogP) is 1.55. The molecule has 0 spiro atoms. The van der Waals surface area contributed by atoms with Gasteiger partial charge in [-0.2, -0.15) is 0 Å². The highest BCUT2D eigenvalue weighted by Gasteiger charge is 2.25. The van der Waals surface area contributed by atoms with Gasteiger partial charge in [0.05, 0.1) is 6.61 Å². The largest absolute Gasteiger partial charge is 0.380 e. The maximum Gasteiger partial charge on any atom is 0.0593 e. The van der Waals surface area contributed by atoms with Crippen molar-refractivity contribution < 1.29 is 4.74 Å². The van der Waals surface area contributed by atoms with Gasteiger partial charge in [0.1, 0.15) is 0 Å². The van der Waals surface area contributed by atoms with Crippen molar-refractivity contribution in [3.8, 4) is 0 Å². The third-order valence-electron chi connectivity index (χ3n) is 3.76. The quantitative estimate of drug-likeness (QED) is 0.795. The summed E-state index contributed by atoms with van der Waals surface area (Å²) in [5.41, 5.74) is 2.96. The normalized spacial score (nSPS) is 26.2. The summed E-state index contributed by atoms with van der Waals surface area (Å²) in [4.78, 5) is 2.57. The Kier molecular flexibility index (Phi) is 3.41. The van der Waals surface area contributed by atoms with Gasteiger partial charge in [0.2, 0.25) is 0 Å². The minimum atomic E-state index is 0.529.